The van der Waals surface area contributed by atoms with Crippen molar-refractivity contribution < 1.29 is 48.9 Å². The number of hydrogen-bond donors (Lipinski definition) is 0. The normalized spacial score (nSPS) is 14.7. The van der Waals surface area contributed by atoms with E-state index in [0.29, 0.717) is 31.6 Å². The molecule has 0 saturated carbocycles. The summed E-state index contributed by atoms with van der Waals surface area (Å²) < 4.78 is 131. The highest BCUT2D eigenvalue weighted by Gasteiger charge is 2.55. The molecule has 3 aromatic heterocycles. The summed E-state index contributed by atoms with van der Waals surface area (Å²) in [5, 5.41) is -0.187. The first-order chi connectivity index (χ1) is 22.5. The molecule has 14 heteroatoms. The zero-order chi connectivity index (χ0) is 32.9. The second-order valence-electron chi connectivity index (χ2n) is 10.9. The third-order valence-corrected chi connectivity index (χ3v) is 8.36. The van der Waals surface area contributed by atoms with Gasteiger partial charge in [0.05, 0.1) is 43.0 Å². The third kappa shape index (κ3) is 3.96. The lowest BCUT2D eigenvalue weighted by atomic mass is 9.85. The van der Waals surface area contributed by atoms with Gasteiger partial charge in [-0.05, 0) is 24.3 Å². The predicted molar refractivity (Wildman–Crippen MR) is 157 cm³/mol. The summed E-state index contributed by atoms with van der Waals surface area (Å²) in [7, 11) is 2.91. The van der Waals surface area contributed by atoms with Gasteiger partial charge < -0.3 is 35.9 Å². The Bertz CT molecular complexity index is 2470. The highest BCUT2D eigenvalue weighted by atomic mass is 19.2. The van der Waals surface area contributed by atoms with Crippen LogP contribution in [0.5, 0.6) is 11.5 Å². The number of benzene rings is 3. The van der Waals surface area contributed by atoms with Crippen LogP contribution in [0.2, 0.25) is 0 Å². The molecule has 0 aliphatic carbocycles. The van der Waals surface area contributed by atoms with Crippen molar-refractivity contribution in [1.29, 1.82) is 0 Å². The van der Waals surface area contributed by atoms with Gasteiger partial charge in [0.15, 0.2) is 34.4 Å². The van der Waals surface area contributed by atoms with Crippen LogP contribution in [0.1, 0.15) is 11.3 Å². The topological polar surface area (TPSA) is 52.7 Å². The molecule has 0 radical (unpaired) electrons. The van der Waals surface area contributed by atoms with Gasteiger partial charge in [-0.15, -0.1) is 0 Å². The van der Waals surface area contributed by atoms with Crippen molar-refractivity contribution in [2.75, 3.05) is 14.2 Å². The highest BCUT2D eigenvalue weighted by molar-refractivity contribution is 6.65. The maximum atomic E-state index is 16.9. The Morgan fingerprint density at radius 2 is 1.28 bits per heavy atom. The zero-order valence-corrected chi connectivity index (χ0v) is 24.2. The molecule has 5 heterocycles. The summed E-state index contributed by atoms with van der Waals surface area (Å²) in [5.74, 6) is -9.92. The molecular formula is C33H18BF7N2O4. The number of hydrogen-bond acceptors (Lipinski definition) is 4. The van der Waals surface area contributed by atoms with Crippen molar-refractivity contribution in [3.63, 3.8) is 0 Å². The minimum Gasteiger partial charge on any atom is -0.497 e. The van der Waals surface area contributed by atoms with E-state index in [0.717, 1.165) is 12.1 Å². The Balaban J connectivity index is 1.45. The largest absolute Gasteiger partial charge is 0.738 e. The molecule has 6 aromatic rings. The second kappa shape index (κ2) is 9.92. The summed E-state index contributed by atoms with van der Waals surface area (Å²) >= 11 is 0. The smallest absolute Gasteiger partial charge is 0.497 e. The monoisotopic (exact) mass is 650 g/mol. The van der Waals surface area contributed by atoms with Crippen LogP contribution in [0, 0.1) is 29.1 Å². The summed E-state index contributed by atoms with van der Waals surface area (Å²) in [4.78, 5) is 0. The molecule has 2 aliphatic heterocycles. The molecule has 0 unspecified atom stereocenters. The first-order valence-electron chi connectivity index (χ1n) is 14.0. The molecule has 0 fully saturated rings. The van der Waals surface area contributed by atoms with Crippen LogP contribution in [0.15, 0.2) is 81.3 Å². The molecule has 0 saturated heterocycles. The number of ether oxygens (including phenoxy) is 2. The van der Waals surface area contributed by atoms with Gasteiger partial charge >= 0.3 is 6.97 Å². The predicted octanol–water partition coefficient (Wildman–Crippen LogP) is 6.86. The summed E-state index contributed by atoms with van der Waals surface area (Å²) in [6, 6.07) is 16.9. The van der Waals surface area contributed by atoms with E-state index in [9.17, 15) is 13.2 Å². The van der Waals surface area contributed by atoms with E-state index in [2.05, 4.69) is 0 Å². The van der Waals surface area contributed by atoms with Crippen molar-refractivity contribution in [2.24, 2.45) is 0 Å². The Morgan fingerprint density at radius 3 is 1.87 bits per heavy atom. The van der Waals surface area contributed by atoms with E-state index in [1.807, 2.05) is 0 Å². The van der Waals surface area contributed by atoms with Crippen molar-refractivity contribution in [3.8, 4) is 34.1 Å². The maximum Gasteiger partial charge on any atom is 0.738 e. The van der Waals surface area contributed by atoms with Gasteiger partial charge in [-0.3, -0.25) is 0 Å². The number of furan rings is 2. The molecule has 47 heavy (non-hydrogen) atoms. The van der Waals surface area contributed by atoms with Crippen LogP contribution >= 0.6 is 0 Å². The zero-order valence-electron chi connectivity index (χ0n) is 24.2. The number of nitrogens with zero attached hydrogens (tertiary/aromatic N) is 2. The fourth-order valence-electron chi connectivity index (χ4n) is 6.24. The average Bonchev–Trinajstić information content (AvgIpc) is 3.84. The van der Waals surface area contributed by atoms with Gasteiger partial charge in [0.2, 0.25) is 11.2 Å². The molecule has 236 valence electrons. The molecule has 2 aliphatic rings. The van der Waals surface area contributed by atoms with Crippen LogP contribution in [0.4, 0.5) is 30.6 Å². The van der Waals surface area contributed by atoms with Crippen molar-refractivity contribution in [3.05, 3.63) is 124 Å². The quantitative estimate of drug-likeness (QED) is 0.0887. The molecule has 3 aromatic carbocycles. The highest BCUT2D eigenvalue weighted by Crippen LogP contribution is 2.44. The van der Waals surface area contributed by atoms with Gasteiger partial charge in [-0.25, -0.2) is 22.0 Å². The number of fused-ring (bicyclic) bond motifs is 5. The van der Waals surface area contributed by atoms with Crippen LogP contribution in [0.3, 0.4) is 0 Å². The first-order valence-corrected chi connectivity index (χ1v) is 14.0. The molecular weight excluding hydrogens is 632 g/mol. The molecule has 0 N–H and O–H groups in total. The van der Waals surface area contributed by atoms with E-state index in [-0.39, 0.29) is 33.4 Å². The summed E-state index contributed by atoms with van der Waals surface area (Å²) in [5.41, 5.74) is -2.56. The third-order valence-electron chi connectivity index (χ3n) is 8.36. The van der Waals surface area contributed by atoms with E-state index in [4.69, 9.17) is 18.3 Å². The van der Waals surface area contributed by atoms with Gasteiger partial charge in [0.1, 0.15) is 28.6 Å². The Labute approximate surface area is 259 Å². The van der Waals surface area contributed by atoms with Crippen LogP contribution in [-0.2, 0) is 0 Å². The van der Waals surface area contributed by atoms with Crippen LogP contribution < -0.4 is 24.7 Å². The minimum atomic E-state index is -4.89. The molecule has 0 amide bonds. The Hall–Kier alpha value is -5.66. The number of halogens is 7. The van der Waals surface area contributed by atoms with Gasteiger partial charge in [0, 0.05) is 29.0 Å². The minimum absolute atomic E-state index is 0.119. The summed E-state index contributed by atoms with van der Waals surface area (Å²) in [6.45, 7) is -4.89. The maximum absolute atomic E-state index is 16.9. The first kappa shape index (κ1) is 28.8. The second-order valence-corrected chi connectivity index (χ2v) is 10.9. The standard InChI is InChI=1S/C33H18BF7N2O4/c1-44-17-7-3-5-15(9-17)23-11-19-25(46-23)13-21-27(28-29(35)31(37)33(39)32(38)30(28)36)22-14-26-20(43(22)34(40,41)42(19)21)12-24(47-26)16-6-4-8-18(10-16)45-2/h3-14H,1-2H3. The number of rotatable bonds is 5. The van der Waals surface area contributed by atoms with Crippen LogP contribution in [0.25, 0.3) is 45.4 Å². The van der Waals surface area contributed by atoms with Crippen molar-refractivity contribution in [2.45, 2.75) is 0 Å². The lowest BCUT2D eigenvalue weighted by molar-refractivity contribution is 0.376. The van der Waals surface area contributed by atoms with Crippen LogP contribution in [-0.4, -0.2) is 25.7 Å². The van der Waals surface area contributed by atoms with E-state index < -0.39 is 58.6 Å². The molecule has 0 atom stereocenters. The van der Waals surface area contributed by atoms with E-state index in [1.165, 1.54) is 26.4 Å². The molecule has 0 spiro atoms. The van der Waals surface area contributed by atoms with Gasteiger partial charge in [-0.2, -0.15) is 0 Å². The lowest BCUT2D eigenvalue weighted by Gasteiger charge is -2.31. The summed E-state index contributed by atoms with van der Waals surface area (Å²) in [6.07, 6.45) is 1.09. The SMILES string of the molecule is COc1cccc(-c2cc3c(o2)=CC2=C(c4c(F)c(F)c(F)c(F)c4F)c4cc5oc(-c6cccc(OC)c6)cc5n4[B-](F)(F)[N+]=32)c1. The molecule has 0 bridgehead atoms. The van der Waals surface area contributed by atoms with E-state index >= 15 is 17.4 Å². The fraction of sp³-hybridized carbons (Fsp3) is 0.0606. The van der Waals surface area contributed by atoms with Gasteiger partial charge in [0.25, 0.3) is 0 Å². The molecule has 8 rings (SSSR count). The Kier molecular flexibility index (Phi) is 6.08. The number of aromatic nitrogens is 1. The molecule has 6 nitrogen and oxygen atoms in total. The number of allylic oxidation sites excluding steroid dienone is 1. The Morgan fingerprint density at radius 1 is 0.702 bits per heavy atom. The fourth-order valence-corrected chi connectivity index (χ4v) is 6.24. The van der Waals surface area contributed by atoms with E-state index in [1.54, 1.807) is 48.5 Å². The lowest BCUT2D eigenvalue weighted by Crippen LogP contribution is -2.56. The van der Waals surface area contributed by atoms with Crippen molar-refractivity contribution in [1.82, 2.24) is 8.96 Å². The average molecular weight is 650 g/mol. The van der Waals surface area contributed by atoms with Gasteiger partial charge in [-0.1, -0.05) is 24.3 Å². The number of methoxy groups -OCH3 is 2. The van der Waals surface area contributed by atoms with Crippen molar-refractivity contribution >= 4 is 29.7 Å².